The van der Waals surface area contributed by atoms with Gasteiger partial charge in [0.2, 0.25) is 5.91 Å². The lowest BCUT2D eigenvalue weighted by molar-refractivity contribution is -0.132. The molecular formula is C14H17Cl2NO2S. The number of benzene rings is 1. The predicted molar refractivity (Wildman–Crippen MR) is 83.6 cm³/mol. The van der Waals surface area contributed by atoms with E-state index in [1.165, 1.54) is 11.8 Å². The first-order chi connectivity index (χ1) is 9.61. The van der Waals surface area contributed by atoms with E-state index in [2.05, 4.69) is 0 Å². The highest BCUT2D eigenvalue weighted by molar-refractivity contribution is 8.00. The van der Waals surface area contributed by atoms with Crippen LogP contribution in [0.15, 0.2) is 23.1 Å². The maximum Gasteiger partial charge on any atom is 0.233 e. The quantitative estimate of drug-likeness (QED) is 0.810. The monoisotopic (exact) mass is 333 g/mol. The number of rotatable bonds is 6. The number of hydrogen-bond acceptors (Lipinski definition) is 3. The summed E-state index contributed by atoms with van der Waals surface area (Å²) in [6, 6.07) is 5.52. The highest BCUT2D eigenvalue weighted by atomic mass is 35.5. The van der Waals surface area contributed by atoms with Crippen LogP contribution in [0.4, 0.5) is 0 Å². The van der Waals surface area contributed by atoms with Gasteiger partial charge in [-0.15, -0.1) is 11.8 Å². The minimum atomic E-state index is 0.00479. The van der Waals surface area contributed by atoms with Gasteiger partial charge in [0.25, 0.3) is 0 Å². The lowest BCUT2D eigenvalue weighted by Crippen LogP contribution is -2.46. The summed E-state index contributed by atoms with van der Waals surface area (Å²) in [4.78, 5) is 14.9. The third-order valence-electron chi connectivity index (χ3n) is 3.42. The van der Waals surface area contributed by atoms with Gasteiger partial charge >= 0.3 is 0 Å². The average molecular weight is 334 g/mol. The van der Waals surface area contributed by atoms with Gasteiger partial charge in [0.1, 0.15) is 0 Å². The first-order valence-corrected chi connectivity index (χ1v) is 8.34. The van der Waals surface area contributed by atoms with Crippen LogP contribution < -0.4 is 0 Å². The molecule has 0 unspecified atom stereocenters. The zero-order valence-electron chi connectivity index (χ0n) is 11.0. The van der Waals surface area contributed by atoms with E-state index in [-0.39, 0.29) is 12.5 Å². The van der Waals surface area contributed by atoms with Gasteiger partial charge in [-0.05, 0) is 37.5 Å². The summed E-state index contributed by atoms with van der Waals surface area (Å²) in [5.74, 6) is 0.362. The Labute approximate surface area is 133 Å². The van der Waals surface area contributed by atoms with Gasteiger partial charge in [0.05, 0.1) is 17.4 Å². The smallest absolute Gasteiger partial charge is 0.233 e. The van der Waals surface area contributed by atoms with Crippen molar-refractivity contribution in [3.63, 3.8) is 0 Å². The number of halogens is 2. The molecule has 0 spiro atoms. The van der Waals surface area contributed by atoms with E-state index in [1.807, 2.05) is 0 Å². The molecule has 20 heavy (non-hydrogen) atoms. The maximum atomic E-state index is 12.3. The van der Waals surface area contributed by atoms with Gasteiger partial charge in [-0.1, -0.05) is 23.2 Å². The van der Waals surface area contributed by atoms with Gasteiger partial charge in [0, 0.05) is 22.5 Å². The number of amides is 1. The van der Waals surface area contributed by atoms with Gasteiger partial charge in [-0.2, -0.15) is 0 Å². The minimum absolute atomic E-state index is 0.00479. The second-order valence-corrected chi connectivity index (χ2v) is 6.62. The summed E-state index contributed by atoms with van der Waals surface area (Å²) >= 11 is 13.4. The fourth-order valence-corrected chi connectivity index (χ4v) is 3.51. The Balaban J connectivity index is 1.94. The van der Waals surface area contributed by atoms with Gasteiger partial charge < -0.3 is 10.0 Å². The number of hydrogen-bond donors (Lipinski definition) is 1. The summed E-state index contributed by atoms with van der Waals surface area (Å²) < 4.78 is 0. The Bertz CT molecular complexity index is 480. The van der Waals surface area contributed by atoms with E-state index < -0.39 is 0 Å². The Morgan fingerprint density at radius 2 is 2.15 bits per heavy atom. The van der Waals surface area contributed by atoms with Crippen LogP contribution in [-0.4, -0.2) is 40.9 Å². The molecule has 0 heterocycles. The van der Waals surface area contributed by atoms with Gasteiger partial charge in [0.15, 0.2) is 0 Å². The lowest BCUT2D eigenvalue weighted by Gasteiger charge is -2.37. The molecular weight excluding hydrogens is 317 g/mol. The molecule has 2 rings (SSSR count). The van der Waals surface area contributed by atoms with E-state index in [0.717, 1.165) is 24.2 Å². The molecule has 1 amide bonds. The van der Waals surface area contributed by atoms with Crippen LogP contribution in [0.1, 0.15) is 19.3 Å². The van der Waals surface area contributed by atoms with Crippen molar-refractivity contribution in [2.75, 3.05) is 18.9 Å². The summed E-state index contributed by atoms with van der Waals surface area (Å²) in [5, 5.41) is 10.3. The number of thioether (sulfide) groups is 1. The Kier molecular flexibility index (Phi) is 6.02. The molecule has 0 saturated heterocycles. The maximum absolute atomic E-state index is 12.3. The van der Waals surface area contributed by atoms with Crippen LogP contribution in [0.2, 0.25) is 10.0 Å². The highest BCUT2D eigenvalue weighted by Gasteiger charge is 2.28. The Morgan fingerprint density at radius 3 is 2.75 bits per heavy atom. The topological polar surface area (TPSA) is 40.5 Å². The number of aliphatic hydroxyl groups is 1. The third kappa shape index (κ3) is 4.04. The van der Waals surface area contributed by atoms with Crippen molar-refractivity contribution in [2.24, 2.45) is 0 Å². The van der Waals surface area contributed by atoms with E-state index in [1.54, 1.807) is 23.1 Å². The Morgan fingerprint density at radius 1 is 1.40 bits per heavy atom. The average Bonchev–Trinajstić information content (AvgIpc) is 2.37. The largest absolute Gasteiger partial charge is 0.395 e. The molecule has 0 radical (unpaired) electrons. The molecule has 1 fully saturated rings. The SMILES string of the molecule is O=C(CSc1cc(Cl)ccc1Cl)N(CCO)C1CCC1. The van der Waals surface area contributed by atoms with Crippen LogP contribution in [0.3, 0.4) is 0 Å². The fourth-order valence-electron chi connectivity index (χ4n) is 2.13. The van der Waals surface area contributed by atoms with Crippen LogP contribution in [0.25, 0.3) is 0 Å². The molecule has 1 N–H and O–H groups in total. The first-order valence-electron chi connectivity index (χ1n) is 6.60. The molecule has 1 saturated carbocycles. The molecule has 0 atom stereocenters. The van der Waals surface area contributed by atoms with Gasteiger partial charge in [-0.3, -0.25) is 4.79 Å². The molecule has 0 aliphatic heterocycles. The summed E-state index contributed by atoms with van der Waals surface area (Å²) in [6.45, 7) is 0.415. The standard InChI is InChI=1S/C14H17Cl2NO2S/c15-10-4-5-12(16)13(8-10)20-9-14(19)17(6-7-18)11-2-1-3-11/h4-5,8,11,18H,1-3,6-7,9H2. The second-order valence-electron chi connectivity index (χ2n) is 4.76. The van der Waals surface area contributed by atoms with Crippen molar-refractivity contribution in [3.05, 3.63) is 28.2 Å². The van der Waals surface area contributed by atoms with Crippen LogP contribution in [0, 0.1) is 0 Å². The fraction of sp³-hybridized carbons (Fsp3) is 0.500. The summed E-state index contributed by atoms with van der Waals surface area (Å²) in [5.41, 5.74) is 0. The molecule has 3 nitrogen and oxygen atoms in total. The molecule has 1 aliphatic rings. The van der Waals surface area contributed by atoms with Gasteiger partial charge in [-0.25, -0.2) is 0 Å². The Hall–Kier alpha value is -0.420. The molecule has 0 aromatic heterocycles. The first kappa shape index (κ1) is 16.0. The van der Waals surface area contributed by atoms with Crippen LogP contribution in [0.5, 0.6) is 0 Å². The summed E-state index contributed by atoms with van der Waals surface area (Å²) in [6.07, 6.45) is 3.23. The van der Waals surface area contributed by atoms with E-state index >= 15 is 0 Å². The molecule has 1 aromatic carbocycles. The van der Waals surface area contributed by atoms with Crippen molar-refractivity contribution in [2.45, 2.75) is 30.2 Å². The highest BCUT2D eigenvalue weighted by Crippen LogP contribution is 2.31. The number of carbonyl (C=O) groups excluding carboxylic acids is 1. The van der Waals surface area contributed by atoms with E-state index in [0.29, 0.717) is 28.4 Å². The molecule has 1 aliphatic carbocycles. The van der Waals surface area contributed by atoms with E-state index in [4.69, 9.17) is 28.3 Å². The molecule has 110 valence electrons. The summed E-state index contributed by atoms with van der Waals surface area (Å²) in [7, 11) is 0. The van der Waals surface area contributed by atoms with Crippen molar-refractivity contribution < 1.29 is 9.90 Å². The normalized spacial score (nSPS) is 14.9. The van der Waals surface area contributed by atoms with Crippen LogP contribution in [-0.2, 0) is 4.79 Å². The van der Waals surface area contributed by atoms with Crippen molar-refractivity contribution in [1.82, 2.24) is 4.90 Å². The molecule has 0 bridgehead atoms. The van der Waals surface area contributed by atoms with Crippen LogP contribution >= 0.6 is 35.0 Å². The zero-order valence-corrected chi connectivity index (χ0v) is 13.3. The number of aliphatic hydroxyl groups excluding tert-OH is 1. The zero-order chi connectivity index (χ0) is 14.5. The second kappa shape index (κ2) is 7.55. The third-order valence-corrected chi connectivity index (χ3v) is 5.14. The minimum Gasteiger partial charge on any atom is -0.395 e. The predicted octanol–water partition coefficient (Wildman–Crippen LogP) is 3.46. The van der Waals surface area contributed by atoms with Crippen molar-refractivity contribution in [1.29, 1.82) is 0 Å². The molecule has 6 heteroatoms. The molecule has 1 aromatic rings. The van der Waals surface area contributed by atoms with Crippen molar-refractivity contribution >= 4 is 40.9 Å². The van der Waals surface area contributed by atoms with E-state index in [9.17, 15) is 4.79 Å². The van der Waals surface area contributed by atoms with Crippen molar-refractivity contribution in [3.8, 4) is 0 Å². The number of nitrogens with zero attached hydrogens (tertiary/aromatic N) is 1. The number of carbonyl (C=O) groups is 1. The lowest BCUT2D eigenvalue weighted by atomic mass is 9.91.